The molecule has 3 rings (SSSR count). The molecule has 7 heteroatoms. The molecule has 2 heterocycles. The molecule has 1 saturated carbocycles. The summed E-state index contributed by atoms with van der Waals surface area (Å²) in [7, 11) is 1.96. The number of nitrogens with one attached hydrogen (secondary N) is 1. The molecule has 100 valence electrons. The van der Waals surface area contributed by atoms with Gasteiger partial charge in [-0.2, -0.15) is 5.10 Å². The average molecular weight is 261 g/mol. The molecule has 0 saturated heterocycles. The zero-order valence-corrected chi connectivity index (χ0v) is 10.7. The first-order chi connectivity index (χ1) is 9.15. The summed E-state index contributed by atoms with van der Waals surface area (Å²) < 4.78 is 1.36. The van der Waals surface area contributed by atoms with Crippen LogP contribution in [-0.2, 0) is 4.79 Å². The van der Waals surface area contributed by atoms with Crippen molar-refractivity contribution in [3.63, 3.8) is 0 Å². The number of aromatic amines is 1. The maximum absolute atomic E-state index is 11.4. The lowest BCUT2D eigenvalue weighted by atomic mass is 9.93. The Morgan fingerprint density at radius 1 is 1.37 bits per heavy atom. The number of rotatable bonds is 2. The molecule has 2 aromatic rings. The lowest BCUT2D eigenvalue weighted by Gasteiger charge is -2.31. The molecule has 0 aliphatic heterocycles. The van der Waals surface area contributed by atoms with Gasteiger partial charge in [-0.25, -0.2) is 19.3 Å². The molecule has 0 bridgehead atoms. The van der Waals surface area contributed by atoms with E-state index in [0.29, 0.717) is 30.3 Å². The second-order valence-electron chi connectivity index (χ2n) is 4.88. The maximum Gasteiger partial charge on any atom is 0.348 e. The van der Waals surface area contributed by atoms with Gasteiger partial charge >= 0.3 is 5.69 Å². The molecule has 0 aromatic carbocycles. The SMILES string of the molecule is CN(c1cc2n[nH]c(=O)n2cn1)C1CCC(=O)CC1. The number of nitrogens with zero attached hydrogens (tertiary/aromatic N) is 4. The van der Waals surface area contributed by atoms with E-state index in [0.717, 1.165) is 18.7 Å². The highest BCUT2D eigenvalue weighted by Gasteiger charge is 2.23. The van der Waals surface area contributed by atoms with Crippen molar-refractivity contribution in [2.24, 2.45) is 0 Å². The molecule has 1 N–H and O–H groups in total. The minimum absolute atomic E-state index is 0.292. The Morgan fingerprint density at radius 2 is 2.11 bits per heavy atom. The summed E-state index contributed by atoms with van der Waals surface area (Å²) in [5.74, 6) is 1.11. The molecule has 19 heavy (non-hydrogen) atoms. The number of fused-ring (bicyclic) bond motifs is 1. The molecule has 0 amide bonds. The van der Waals surface area contributed by atoms with E-state index in [2.05, 4.69) is 20.1 Å². The smallest absolute Gasteiger partial charge is 0.348 e. The highest BCUT2D eigenvalue weighted by atomic mass is 16.1. The van der Waals surface area contributed by atoms with Crippen molar-refractivity contribution in [1.29, 1.82) is 0 Å². The lowest BCUT2D eigenvalue weighted by molar-refractivity contribution is -0.120. The van der Waals surface area contributed by atoms with Gasteiger partial charge in [-0.15, -0.1) is 0 Å². The van der Waals surface area contributed by atoms with Crippen LogP contribution in [0.1, 0.15) is 25.7 Å². The first-order valence-electron chi connectivity index (χ1n) is 6.32. The molecule has 2 aromatic heterocycles. The van der Waals surface area contributed by atoms with E-state index < -0.39 is 0 Å². The van der Waals surface area contributed by atoms with Gasteiger partial charge in [-0.05, 0) is 12.8 Å². The molecular formula is C12H15N5O2. The molecule has 7 nitrogen and oxygen atoms in total. The van der Waals surface area contributed by atoms with Crippen LogP contribution in [0.5, 0.6) is 0 Å². The zero-order valence-electron chi connectivity index (χ0n) is 10.7. The van der Waals surface area contributed by atoms with Crippen LogP contribution in [0.25, 0.3) is 5.65 Å². The van der Waals surface area contributed by atoms with Crippen LogP contribution in [0.4, 0.5) is 5.82 Å². The van der Waals surface area contributed by atoms with Crippen molar-refractivity contribution in [2.75, 3.05) is 11.9 Å². The van der Waals surface area contributed by atoms with Gasteiger partial charge in [0.05, 0.1) is 0 Å². The number of carbonyl (C=O) groups excluding carboxylic acids is 1. The van der Waals surface area contributed by atoms with Crippen LogP contribution in [0.15, 0.2) is 17.2 Å². The summed E-state index contributed by atoms with van der Waals surface area (Å²) >= 11 is 0. The van der Waals surface area contributed by atoms with Gasteiger partial charge in [-0.1, -0.05) is 0 Å². The Labute approximate surface area is 109 Å². The second-order valence-corrected chi connectivity index (χ2v) is 4.88. The fourth-order valence-corrected chi connectivity index (χ4v) is 2.49. The summed E-state index contributed by atoms with van der Waals surface area (Å²) in [4.78, 5) is 28.9. The van der Waals surface area contributed by atoms with E-state index in [1.54, 1.807) is 6.07 Å². The number of ketones is 1. The quantitative estimate of drug-likeness (QED) is 0.844. The Morgan fingerprint density at radius 3 is 2.84 bits per heavy atom. The number of H-pyrrole nitrogens is 1. The van der Waals surface area contributed by atoms with Gasteiger partial charge in [0.2, 0.25) is 0 Å². The second kappa shape index (κ2) is 4.49. The topological polar surface area (TPSA) is 83.4 Å². The predicted molar refractivity (Wildman–Crippen MR) is 69.3 cm³/mol. The number of aromatic nitrogens is 4. The van der Waals surface area contributed by atoms with Crippen molar-refractivity contribution in [2.45, 2.75) is 31.7 Å². The molecule has 0 atom stereocenters. The Bertz CT molecular complexity index is 664. The number of anilines is 1. The van der Waals surface area contributed by atoms with E-state index in [1.165, 1.54) is 10.7 Å². The van der Waals surface area contributed by atoms with Crippen LogP contribution >= 0.6 is 0 Å². The largest absolute Gasteiger partial charge is 0.357 e. The summed E-state index contributed by atoms with van der Waals surface area (Å²) in [5, 5.41) is 6.31. The monoisotopic (exact) mass is 261 g/mol. The molecule has 0 spiro atoms. The molecule has 1 fully saturated rings. The fraction of sp³-hybridized carbons (Fsp3) is 0.500. The maximum atomic E-state index is 11.4. The van der Waals surface area contributed by atoms with Gasteiger partial charge in [0.1, 0.15) is 17.9 Å². The summed E-state index contributed by atoms with van der Waals surface area (Å²) in [6, 6.07) is 2.09. The highest BCUT2D eigenvalue weighted by Crippen LogP contribution is 2.23. The highest BCUT2D eigenvalue weighted by molar-refractivity contribution is 5.79. The normalized spacial score (nSPS) is 17.0. The van der Waals surface area contributed by atoms with Crippen molar-refractivity contribution in [3.05, 3.63) is 22.9 Å². The Kier molecular flexibility index (Phi) is 2.81. The van der Waals surface area contributed by atoms with Crippen molar-refractivity contribution < 1.29 is 4.79 Å². The molecule has 0 radical (unpaired) electrons. The fourth-order valence-electron chi connectivity index (χ4n) is 2.49. The Balaban J connectivity index is 1.86. The van der Waals surface area contributed by atoms with E-state index in [-0.39, 0.29) is 5.69 Å². The van der Waals surface area contributed by atoms with Gasteiger partial charge in [0, 0.05) is 32.0 Å². The summed E-state index contributed by atoms with van der Waals surface area (Å²) in [5.41, 5.74) is 0.258. The third-order valence-corrected chi connectivity index (χ3v) is 3.72. The zero-order chi connectivity index (χ0) is 13.4. The van der Waals surface area contributed by atoms with Gasteiger partial charge in [0.25, 0.3) is 0 Å². The number of carbonyl (C=O) groups is 1. The third kappa shape index (κ3) is 2.11. The lowest BCUT2D eigenvalue weighted by Crippen LogP contribution is -2.35. The van der Waals surface area contributed by atoms with Crippen molar-refractivity contribution in [3.8, 4) is 0 Å². The molecule has 1 aliphatic carbocycles. The van der Waals surface area contributed by atoms with Crippen LogP contribution in [-0.4, -0.2) is 38.5 Å². The van der Waals surface area contributed by atoms with E-state index in [1.807, 2.05) is 7.05 Å². The first kappa shape index (κ1) is 11.9. The van der Waals surface area contributed by atoms with Crippen LogP contribution in [0.2, 0.25) is 0 Å². The van der Waals surface area contributed by atoms with Gasteiger partial charge in [-0.3, -0.25) is 4.79 Å². The van der Waals surface area contributed by atoms with Gasteiger partial charge < -0.3 is 4.90 Å². The van der Waals surface area contributed by atoms with Crippen molar-refractivity contribution >= 4 is 17.2 Å². The van der Waals surface area contributed by atoms with E-state index in [9.17, 15) is 9.59 Å². The minimum Gasteiger partial charge on any atom is -0.357 e. The number of Topliss-reactive ketones (excluding diaryl/α,β-unsaturated/α-hetero) is 1. The van der Waals surface area contributed by atoms with Crippen LogP contribution < -0.4 is 10.6 Å². The number of hydrogen-bond donors (Lipinski definition) is 1. The van der Waals surface area contributed by atoms with E-state index >= 15 is 0 Å². The summed E-state index contributed by atoms with van der Waals surface area (Å²) in [6.07, 6.45) is 4.46. The van der Waals surface area contributed by atoms with Crippen molar-refractivity contribution in [1.82, 2.24) is 19.6 Å². The first-order valence-corrected chi connectivity index (χ1v) is 6.32. The third-order valence-electron chi connectivity index (χ3n) is 3.72. The van der Waals surface area contributed by atoms with Crippen LogP contribution in [0.3, 0.4) is 0 Å². The Hall–Kier alpha value is -2.18. The average Bonchev–Trinajstić information content (AvgIpc) is 2.80. The molecular weight excluding hydrogens is 246 g/mol. The predicted octanol–water partition coefficient (Wildman–Crippen LogP) is 0.365. The number of hydrogen-bond acceptors (Lipinski definition) is 5. The minimum atomic E-state index is -0.292. The molecule has 0 unspecified atom stereocenters. The standard InChI is InChI=1S/C12H15N5O2/c1-16(8-2-4-9(18)5-3-8)10-6-11-14-15-12(19)17(11)7-13-10/h6-8H,2-5H2,1H3,(H,15,19). The van der Waals surface area contributed by atoms with E-state index in [4.69, 9.17) is 0 Å². The molecule has 1 aliphatic rings. The van der Waals surface area contributed by atoms with Gasteiger partial charge in [0.15, 0.2) is 5.65 Å². The van der Waals surface area contributed by atoms with Crippen LogP contribution in [0, 0.1) is 0 Å². The summed E-state index contributed by atoms with van der Waals surface area (Å²) in [6.45, 7) is 0.